The SMILES string of the molecule is CC(C)(C)CCNS(=O)(=O)CCCCCl. The molecule has 0 saturated carbocycles. The normalized spacial score (nSPS) is 13.1. The van der Waals surface area contributed by atoms with Crippen molar-refractivity contribution < 1.29 is 8.42 Å². The van der Waals surface area contributed by atoms with Gasteiger partial charge in [-0.2, -0.15) is 0 Å². The summed E-state index contributed by atoms with van der Waals surface area (Å²) < 4.78 is 25.5. The number of hydrogen-bond acceptors (Lipinski definition) is 2. The molecular weight excluding hydrogens is 234 g/mol. The van der Waals surface area contributed by atoms with Gasteiger partial charge in [-0.1, -0.05) is 20.8 Å². The second kappa shape index (κ2) is 6.71. The quantitative estimate of drug-likeness (QED) is 0.561. The molecule has 0 amide bonds. The van der Waals surface area contributed by atoms with E-state index in [0.717, 1.165) is 12.8 Å². The molecule has 0 heterocycles. The maximum Gasteiger partial charge on any atom is 0.211 e. The number of hydrogen-bond donors (Lipinski definition) is 1. The highest BCUT2D eigenvalue weighted by Crippen LogP contribution is 2.17. The maximum atomic E-state index is 11.4. The van der Waals surface area contributed by atoms with E-state index in [1.54, 1.807) is 0 Å². The predicted octanol–water partition coefficient (Wildman–Crippen LogP) is 2.36. The number of sulfonamides is 1. The van der Waals surface area contributed by atoms with Crippen LogP contribution in [0.5, 0.6) is 0 Å². The Bertz CT molecular complexity index is 257. The summed E-state index contributed by atoms with van der Waals surface area (Å²) in [7, 11) is -3.08. The van der Waals surface area contributed by atoms with Gasteiger partial charge >= 0.3 is 0 Å². The van der Waals surface area contributed by atoms with Crippen molar-refractivity contribution in [1.82, 2.24) is 4.72 Å². The molecule has 15 heavy (non-hydrogen) atoms. The molecule has 0 atom stereocenters. The lowest BCUT2D eigenvalue weighted by Gasteiger charge is -2.17. The fourth-order valence-electron chi connectivity index (χ4n) is 1.04. The lowest BCUT2D eigenvalue weighted by molar-refractivity contribution is 0.378. The second-order valence-electron chi connectivity index (χ2n) is 4.92. The van der Waals surface area contributed by atoms with Crippen LogP contribution in [0.1, 0.15) is 40.0 Å². The fourth-order valence-corrected chi connectivity index (χ4v) is 2.37. The molecule has 0 saturated heterocycles. The molecule has 0 unspecified atom stereocenters. The Morgan fingerprint density at radius 2 is 1.80 bits per heavy atom. The Kier molecular flexibility index (Phi) is 6.80. The minimum absolute atomic E-state index is 0.165. The summed E-state index contributed by atoms with van der Waals surface area (Å²) in [6.45, 7) is 6.80. The van der Waals surface area contributed by atoms with E-state index < -0.39 is 10.0 Å². The summed E-state index contributed by atoms with van der Waals surface area (Å²) >= 11 is 5.48. The van der Waals surface area contributed by atoms with E-state index in [0.29, 0.717) is 18.8 Å². The van der Waals surface area contributed by atoms with Crippen molar-refractivity contribution in [2.45, 2.75) is 40.0 Å². The fraction of sp³-hybridized carbons (Fsp3) is 1.00. The Balaban J connectivity index is 3.75. The van der Waals surface area contributed by atoms with Gasteiger partial charge in [0.1, 0.15) is 0 Å². The summed E-state index contributed by atoms with van der Waals surface area (Å²) in [5.74, 6) is 0.710. The van der Waals surface area contributed by atoms with E-state index in [-0.39, 0.29) is 11.2 Å². The minimum Gasteiger partial charge on any atom is -0.215 e. The first kappa shape index (κ1) is 15.2. The van der Waals surface area contributed by atoms with Gasteiger partial charge in [0.2, 0.25) is 10.0 Å². The van der Waals surface area contributed by atoms with Crippen molar-refractivity contribution in [3.8, 4) is 0 Å². The lowest BCUT2D eigenvalue weighted by Crippen LogP contribution is -2.29. The summed E-state index contributed by atoms with van der Waals surface area (Å²) in [6.07, 6.45) is 2.23. The molecule has 0 bridgehead atoms. The van der Waals surface area contributed by atoms with E-state index in [4.69, 9.17) is 11.6 Å². The Morgan fingerprint density at radius 1 is 1.20 bits per heavy atom. The smallest absolute Gasteiger partial charge is 0.211 e. The number of nitrogens with one attached hydrogen (secondary N) is 1. The summed E-state index contributed by atoms with van der Waals surface area (Å²) in [6, 6.07) is 0. The van der Waals surface area contributed by atoms with Crippen LogP contribution >= 0.6 is 11.6 Å². The largest absolute Gasteiger partial charge is 0.215 e. The molecule has 1 N–H and O–H groups in total. The van der Waals surface area contributed by atoms with Crippen LogP contribution in [0.2, 0.25) is 0 Å². The van der Waals surface area contributed by atoms with E-state index in [9.17, 15) is 8.42 Å². The zero-order valence-electron chi connectivity index (χ0n) is 9.85. The topological polar surface area (TPSA) is 46.2 Å². The van der Waals surface area contributed by atoms with Crippen molar-refractivity contribution in [2.75, 3.05) is 18.2 Å². The monoisotopic (exact) mass is 255 g/mol. The van der Waals surface area contributed by atoms with E-state index in [1.165, 1.54) is 0 Å². The highest BCUT2D eigenvalue weighted by Gasteiger charge is 2.13. The van der Waals surface area contributed by atoms with Crippen LogP contribution in [0.15, 0.2) is 0 Å². The third kappa shape index (κ3) is 10.5. The number of rotatable bonds is 7. The van der Waals surface area contributed by atoms with E-state index >= 15 is 0 Å². The van der Waals surface area contributed by atoms with Crippen molar-refractivity contribution in [1.29, 1.82) is 0 Å². The zero-order valence-corrected chi connectivity index (χ0v) is 11.4. The first-order valence-corrected chi connectivity index (χ1v) is 7.49. The highest BCUT2D eigenvalue weighted by atomic mass is 35.5. The zero-order chi connectivity index (χ0) is 11.9. The van der Waals surface area contributed by atoms with Gasteiger partial charge in [0.05, 0.1) is 5.75 Å². The van der Waals surface area contributed by atoms with Crippen LogP contribution in [0.25, 0.3) is 0 Å². The molecule has 0 aliphatic carbocycles. The molecule has 0 aromatic heterocycles. The molecule has 3 nitrogen and oxygen atoms in total. The summed E-state index contributed by atoms with van der Waals surface area (Å²) in [5, 5.41) is 0. The van der Waals surface area contributed by atoms with Gasteiger partial charge in [-0.05, 0) is 24.7 Å². The summed E-state index contributed by atoms with van der Waals surface area (Å²) in [5.41, 5.74) is 0.165. The molecule has 5 heteroatoms. The van der Waals surface area contributed by atoms with Crippen molar-refractivity contribution in [3.05, 3.63) is 0 Å². The van der Waals surface area contributed by atoms with Gasteiger partial charge in [0, 0.05) is 12.4 Å². The molecule has 92 valence electrons. The molecule has 0 rings (SSSR count). The van der Waals surface area contributed by atoms with Gasteiger partial charge in [-0.25, -0.2) is 13.1 Å². The average Bonchev–Trinajstić information content (AvgIpc) is 2.01. The third-order valence-corrected chi connectivity index (χ3v) is 3.73. The second-order valence-corrected chi connectivity index (χ2v) is 7.22. The van der Waals surface area contributed by atoms with Gasteiger partial charge in [-0.3, -0.25) is 0 Å². The molecule has 0 aliphatic heterocycles. The standard InChI is InChI=1S/C10H22ClNO2S/c1-10(2,3)6-8-12-15(13,14)9-5-4-7-11/h12H,4-9H2,1-3H3. The van der Waals surface area contributed by atoms with Crippen molar-refractivity contribution in [3.63, 3.8) is 0 Å². The Hall–Kier alpha value is 0.200. The van der Waals surface area contributed by atoms with Gasteiger partial charge in [0.15, 0.2) is 0 Å². The van der Waals surface area contributed by atoms with Gasteiger partial charge in [-0.15, -0.1) is 11.6 Å². The summed E-state index contributed by atoms with van der Waals surface area (Å²) in [4.78, 5) is 0. The number of alkyl halides is 1. The van der Waals surface area contributed by atoms with Crippen LogP contribution in [-0.2, 0) is 10.0 Å². The molecule has 0 aromatic carbocycles. The first-order chi connectivity index (χ1) is 6.77. The van der Waals surface area contributed by atoms with Crippen LogP contribution < -0.4 is 4.72 Å². The Morgan fingerprint density at radius 3 is 2.27 bits per heavy atom. The Labute approximate surface area is 98.6 Å². The average molecular weight is 256 g/mol. The van der Waals surface area contributed by atoms with Crippen LogP contribution in [-0.4, -0.2) is 26.6 Å². The lowest BCUT2D eigenvalue weighted by atomic mass is 9.93. The first-order valence-electron chi connectivity index (χ1n) is 5.30. The van der Waals surface area contributed by atoms with Crippen molar-refractivity contribution in [2.24, 2.45) is 5.41 Å². The highest BCUT2D eigenvalue weighted by molar-refractivity contribution is 7.89. The van der Waals surface area contributed by atoms with Crippen LogP contribution in [0.4, 0.5) is 0 Å². The molecule has 0 aliphatic rings. The number of halogens is 1. The molecule has 0 radical (unpaired) electrons. The minimum atomic E-state index is -3.08. The van der Waals surface area contributed by atoms with Crippen molar-refractivity contribution >= 4 is 21.6 Å². The van der Waals surface area contributed by atoms with Gasteiger partial charge < -0.3 is 0 Å². The third-order valence-electron chi connectivity index (χ3n) is 1.99. The van der Waals surface area contributed by atoms with Crippen LogP contribution in [0, 0.1) is 5.41 Å². The molecule has 0 spiro atoms. The van der Waals surface area contributed by atoms with Crippen LogP contribution in [0.3, 0.4) is 0 Å². The van der Waals surface area contributed by atoms with E-state index in [1.807, 2.05) is 0 Å². The maximum absolute atomic E-state index is 11.4. The number of unbranched alkanes of at least 4 members (excludes halogenated alkanes) is 1. The van der Waals surface area contributed by atoms with Gasteiger partial charge in [0.25, 0.3) is 0 Å². The molecule has 0 fully saturated rings. The molecule has 0 aromatic rings. The predicted molar refractivity (Wildman–Crippen MR) is 65.8 cm³/mol. The molecular formula is C10H22ClNO2S. The van der Waals surface area contributed by atoms with E-state index in [2.05, 4.69) is 25.5 Å².